The highest BCUT2D eigenvalue weighted by molar-refractivity contribution is 9.10. The molecule has 0 saturated carbocycles. The second kappa shape index (κ2) is 6.48. The standard InChI is InChI=1S/C16H15BrN4O3/c1-2-7-21-15(23)13(14(22)18-16(21)24)12-8-11(19-20-12)9-3-5-10(17)6-4-9/h2-6,11,19,23H,1,7-8H2,(H,18,22,24)/t11-/m1/s1. The van der Waals surface area contributed by atoms with E-state index in [1.807, 2.05) is 24.3 Å². The van der Waals surface area contributed by atoms with Crippen molar-refractivity contribution in [3.63, 3.8) is 0 Å². The molecule has 0 saturated heterocycles. The van der Waals surface area contributed by atoms with Gasteiger partial charge in [0.2, 0.25) is 5.88 Å². The number of aromatic amines is 1. The second-order valence-electron chi connectivity index (χ2n) is 5.35. The first kappa shape index (κ1) is 16.3. The van der Waals surface area contributed by atoms with Crippen molar-refractivity contribution < 1.29 is 5.11 Å². The lowest BCUT2D eigenvalue weighted by Crippen LogP contribution is -2.33. The minimum absolute atomic E-state index is 0.00330. The van der Waals surface area contributed by atoms with Gasteiger partial charge in [-0.15, -0.1) is 6.58 Å². The van der Waals surface area contributed by atoms with Gasteiger partial charge >= 0.3 is 5.69 Å². The first-order chi connectivity index (χ1) is 11.5. The lowest BCUT2D eigenvalue weighted by Gasteiger charge is -2.11. The van der Waals surface area contributed by atoms with Crippen LogP contribution in [0.25, 0.3) is 0 Å². The van der Waals surface area contributed by atoms with Gasteiger partial charge in [-0.25, -0.2) is 4.79 Å². The highest BCUT2D eigenvalue weighted by Crippen LogP contribution is 2.26. The van der Waals surface area contributed by atoms with Crippen LogP contribution in [0.4, 0.5) is 0 Å². The molecule has 1 aromatic heterocycles. The number of nitrogens with one attached hydrogen (secondary N) is 2. The smallest absolute Gasteiger partial charge is 0.331 e. The Hall–Kier alpha value is -2.61. The summed E-state index contributed by atoms with van der Waals surface area (Å²) in [6.07, 6.45) is 1.88. The largest absolute Gasteiger partial charge is 0.494 e. The Kier molecular flexibility index (Phi) is 4.39. The van der Waals surface area contributed by atoms with E-state index in [-0.39, 0.29) is 18.2 Å². The Morgan fingerprint density at radius 3 is 2.75 bits per heavy atom. The molecule has 24 heavy (non-hydrogen) atoms. The average Bonchev–Trinajstić information content (AvgIpc) is 3.01. The quantitative estimate of drug-likeness (QED) is 0.690. The summed E-state index contributed by atoms with van der Waals surface area (Å²) in [6, 6.07) is 7.63. The molecule has 0 spiro atoms. The van der Waals surface area contributed by atoms with Crippen LogP contribution in [0.15, 0.2) is 56.1 Å². The zero-order chi connectivity index (χ0) is 17.3. The van der Waals surface area contributed by atoms with E-state index in [0.717, 1.165) is 14.6 Å². The number of benzene rings is 1. The number of aromatic nitrogens is 2. The van der Waals surface area contributed by atoms with Crippen LogP contribution < -0.4 is 16.7 Å². The normalized spacial score (nSPS) is 16.5. The molecule has 3 N–H and O–H groups in total. The molecule has 3 rings (SSSR count). The molecule has 0 bridgehead atoms. The third-order valence-corrected chi connectivity index (χ3v) is 4.33. The maximum absolute atomic E-state index is 12.1. The Balaban J connectivity index is 1.95. The second-order valence-corrected chi connectivity index (χ2v) is 6.27. The van der Waals surface area contributed by atoms with Crippen molar-refractivity contribution in [3.05, 3.63) is 73.4 Å². The SMILES string of the molecule is C=CCn1c(O)c(C2=NN[C@@H](c3ccc(Br)cc3)C2)c(=O)[nH]c1=O. The van der Waals surface area contributed by atoms with Gasteiger partial charge in [-0.05, 0) is 17.7 Å². The number of rotatable bonds is 4. The van der Waals surface area contributed by atoms with Crippen molar-refractivity contribution in [2.45, 2.75) is 19.0 Å². The summed E-state index contributed by atoms with van der Waals surface area (Å²) in [5.74, 6) is -0.402. The van der Waals surface area contributed by atoms with E-state index in [9.17, 15) is 14.7 Å². The fourth-order valence-corrected chi connectivity index (χ4v) is 2.87. The minimum atomic E-state index is -0.683. The highest BCUT2D eigenvalue weighted by atomic mass is 79.9. The van der Waals surface area contributed by atoms with Gasteiger partial charge in [0.1, 0.15) is 5.56 Å². The summed E-state index contributed by atoms with van der Waals surface area (Å²) >= 11 is 3.38. The van der Waals surface area contributed by atoms with Gasteiger partial charge in [0.15, 0.2) is 0 Å². The Morgan fingerprint density at radius 2 is 2.08 bits per heavy atom. The fraction of sp³-hybridized carbons (Fsp3) is 0.188. The average molecular weight is 391 g/mol. The maximum Gasteiger partial charge on any atom is 0.331 e. The van der Waals surface area contributed by atoms with E-state index in [1.165, 1.54) is 6.08 Å². The van der Waals surface area contributed by atoms with E-state index in [4.69, 9.17) is 0 Å². The number of hydrogen-bond acceptors (Lipinski definition) is 5. The molecule has 1 aliphatic rings. The van der Waals surface area contributed by atoms with Crippen LogP contribution in [0.3, 0.4) is 0 Å². The highest BCUT2D eigenvalue weighted by Gasteiger charge is 2.27. The zero-order valence-corrected chi connectivity index (χ0v) is 14.2. The van der Waals surface area contributed by atoms with E-state index in [2.05, 4.69) is 38.0 Å². The van der Waals surface area contributed by atoms with Crippen LogP contribution in [0.2, 0.25) is 0 Å². The summed E-state index contributed by atoms with van der Waals surface area (Å²) in [7, 11) is 0. The van der Waals surface area contributed by atoms with Gasteiger partial charge in [0.25, 0.3) is 5.56 Å². The van der Waals surface area contributed by atoms with E-state index < -0.39 is 17.1 Å². The molecule has 2 aromatic rings. The summed E-state index contributed by atoms with van der Waals surface area (Å²) in [5.41, 5.74) is 3.03. The summed E-state index contributed by atoms with van der Waals surface area (Å²) in [5, 5.41) is 14.5. The molecule has 8 heteroatoms. The molecule has 0 amide bonds. The van der Waals surface area contributed by atoms with Crippen LogP contribution in [0.1, 0.15) is 23.6 Å². The third kappa shape index (κ3) is 2.92. The van der Waals surface area contributed by atoms with E-state index >= 15 is 0 Å². The first-order valence-corrected chi connectivity index (χ1v) is 8.05. The monoisotopic (exact) mass is 390 g/mol. The van der Waals surface area contributed by atoms with Crippen molar-refractivity contribution in [1.29, 1.82) is 0 Å². The molecule has 0 unspecified atom stereocenters. The van der Waals surface area contributed by atoms with E-state index in [0.29, 0.717) is 12.1 Å². The molecule has 0 fully saturated rings. The van der Waals surface area contributed by atoms with Crippen molar-refractivity contribution >= 4 is 21.6 Å². The lowest BCUT2D eigenvalue weighted by atomic mass is 10.0. The predicted octanol–water partition coefficient (Wildman–Crippen LogP) is 1.63. The van der Waals surface area contributed by atoms with Crippen molar-refractivity contribution in [3.8, 4) is 5.88 Å². The molecule has 7 nitrogen and oxygen atoms in total. The Bertz CT molecular complexity index is 928. The van der Waals surface area contributed by atoms with Gasteiger partial charge in [-0.3, -0.25) is 14.3 Å². The van der Waals surface area contributed by atoms with Crippen LogP contribution in [0, 0.1) is 0 Å². The predicted molar refractivity (Wildman–Crippen MR) is 94.4 cm³/mol. The van der Waals surface area contributed by atoms with Crippen LogP contribution >= 0.6 is 15.9 Å². The molecule has 0 radical (unpaired) electrons. The van der Waals surface area contributed by atoms with Crippen LogP contribution in [-0.4, -0.2) is 20.4 Å². The van der Waals surface area contributed by atoms with Gasteiger partial charge < -0.3 is 10.5 Å². The first-order valence-electron chi connectivity index (χ1n) is 7.26. The summed E-state index contributed by atoms with van der Waals surface area (Å²) in [4.78, 5) is 26.1. The summed E-state index contributed by atoms with van der Waals surface area (Å²) < 4.78 is 2.01. The van der Waals surface area contributed by atoms with Crippen molar-refractivity contribution in [2.75, 3.05) is 0 Å². The lowest BCUT2D eigenvalue weighted by molar-refractivity contribution is 0.409. The number of aromatic hydroxyl groups is 1. The number of hydrogen-bond donors (Lipinski definition) is 3. The third-order valence-electron chi connectivity index (χ3n) is 3.80. The van der Waals surface area contributed by atoms with Crippen LogP contribution in [0.5, 0.6) is 5.88 Å². The molecule has 1 aliphatic heterocycles. The molecule has 124 valence electrons. The number of halogens is 1. The van der Waals surface area contributed by atoms with Gasteiger partial charge in [0, 0.05) is 17.4 Å². The maximum atomic E-state index is 12.1. The zero-order valence-electron chi connectivity index (χ0n) is 12.6. The number of H-pyrrole nitrogens is 1. The summed E-state index contributed by atoms with van der Waals surface area (Å²) in [6.45, 7) is 3.63. The topological polar surface area (TPSA) is 99.5 Å². The van der Waals surface area contributed by atoms with Gasteiger partial charge in [0.05, 0.1) is 11.8 Å². The molecule has 1 aromatic carbocycles. The molecular formula is C16H15BrN4O3. The molecule has 1 atom stereocenters. The Labute approximate surface area is 145 Å². The number of hydrazone groups is 1. The molecular weight excluding hydrogens is 376 g/mol. The number of allylic oxidation sites excluding steroid dienone is 1. The van der Waals surface area contributed by atoms with Crippen molar-refractivity contribution in [2.24, 2.45) is 5.10 Å². The molecule has 0 aliphatic carbocycles. The number of nitrogens with zero attached hydrogens (tertiary/aromatic N) is 2. The Morgan fingerprint density at radius 1 is 1.38 bits per heavy atom. The van der Waals surface area contributed by atoms with E-state index in [1.54, 1.807) is 0 Å². The minimum Gasteiger partial charge on any atom is -0.494 e. The van der Waals surface area contributed by atoms with Crippen molar-refractivity contribution in [1.82, 2.24) is 15.0 Å². The molecule has 2 heterocycles. The van der Waals surface area contributed by atoms with Crippen LogP contribution in [-0.2, 0) is 6.54 Å². The van der Waals surface area contributed by atoms with Gasteiger partial charge in [-0.2, -0.15) is 5.10 Å². The van der Waals surface area contributed by atoms with Gasteiger partial charge in [-0.1, -0.05) is 34.1 Å². The fourth-order valence-electron chi connectivity index (χ4n) is 2.60.